The molecule has 0 saturated carbocycles. The van der Waals surface area contributed by atoms with Gasteiger partial charge in [0.15, 0.2) is 0 Å². The lowest BCUT2D eigenvalue weighted by Crippen LogP contribution is -2.43. The van der Waals surface area contributed by atoms with Gasteiger partial charge in [-0.15, -0.1) is 0 Å². The van der Waals surface area contributed by atoms with E-state index in [4.69, 9.17) is 5.73 Å². The van der Waals surface area contributed by atoms with Crippen LogP contribution in [0.25, 0.3) is 0 Å². The van der Waals surface area contributed by atoms with Crippen LogP contribution < -0.4 is 5.73 Å². The Balaban J connectivity index is 2.07. The molecule has 0 bridgehead atoms. The van der Waals surface area contributed by atoms with Crippen LogP contribution in [0.15, 0.2) is 18.2 Å². The van der Waals surface area contributed by atoms with Gasteiger partial charge in [0.25, 0.3) is 0 Å². The second-order valence-electron chi connectivity index (χ2n) is 5.95. The monoisotopic (exact) mass is 297 g/mol. The van der Waals surface area contributed by atoms with Gasteiger partial charge in [0.05, 0.1) is 0 Å². The number of halogens is 2. The molecule has 0 aromatic heterocycles. The van der Waals surface area contributed by atoms with Crippen molar-refractivity contribution < 1.29 is 8.78 Å². The summed E-state index contributed by atoms with van der Waals surface area (Å²) < 4.78 is 26.8. The first-order valence-electron chi connectivity index (χ1n) is 7.64. The van der Waals surface area contributed by atoms with Crippen molar-refractivity contribution in [1.29, 1.82) is 0 Å². The van der Waals surface area contributed by atoms with E-state index in [1.165, 1.54) is 12.1 Å². The van der Waals surface area contributed by atoms with Crippen molar-refractivity contribution in [2.24, 2.45) is 5.73 Å². The summed E-state index contributed by atoms with van der Waals surface area (Å²) in [4.78, 5) is 4.68. The Morgan fingerprint density at radius 3 is 2.76 bits per heavy atom. The Morgan fingerprint density at radius 1 is 1.33 bits per heavy atom. The fourth-order valence-electron chi connectivity index (χ4n) is 3.07. The van der Waals surface area contributed by atoms with E-state index in [1.807, 2.05) is 0 Å². The third kappa shape index (κ3) is 4.22. The molecule has 5 heteroatoms. The molecular weight excluding hydrogens is 272 g/mol. The summed E-state index contributed by atoms with van der Waals surface area (Å²) in [6, 6.07) is 3.64. The summed E-state index contributed by atoms with van der Waals surface area (Å²) in [5.41, 5.74) is 6.55. The summed E-state index contributed by atoms with van der Waals surface area (Å²) in [6.45, 7) is 5.83. The Morgan fingerprint density at radius 2 is 2.10 bits per heavy atom. The smallest absolute Gasteiger partial charge is 0.130 e. The molecule has 2 atom stereocenters. The van der Waals surface area contributed by atoms with E-state index in [2.05, 4.69) is 23.8 Å². The minimum atomic E-state index is -0.564. The Hall–Kier alpha value is -1.04. The number of nitrogens with two attached hydrogens (primary N) is 1. The first-order chi connectivity index (χ1) is 10.0. The Bertz CT molecular complexity index is 467. The molecule has 0 radical (unpaired) electrons. The van der Waals surface area contributed by atoms with Crippen LogP contribution in [-0.2, 0) is 0 Å². The molecule has 1 aliphatic rings. The zero-order valence-corrected chi connectivity index (χ0v) is 12.9. The van der Waals surface area contributed by atoms with Gasteiger partial charge in [0.2, 0.25) is 0 Å². The van der Waals surface area contributed by atoms with Crippen LogP contribution in [0.1, 0.15) is 31.4 Å². The number of benzene rings is 1. The summed E-state index contributed by atoms with van der Waals surface area (Å²) >= 11 is 0. The molecule has 21 heavy (non-hydrogen) atoms. The topological polar surface area (TPSA) is 32.5 Å². The zero-order valence-electron chi connectivity index (χ0n) is 12.9. The third-order valence-electron chi connectivity index (χ3n) is 4.29. The molecule has 0 spiro atoms. The fraction of sp³-hybridized carbons (Fsp3) is 0.625. The Labute approximate surface area is 125 Å². The summed E-state index contributed by atoms with van der Waals surface area (Å²) in [7, 11) is 2.13. The van der Waals surface area contributed by atoms with Crippen LogP contribution >= 0.6 is 0 Å². The standard InChI is InChI=1S/C16H25F2N3/c1-3-13-10-20(2)7-4-8-21(13)11-16(19)14-6-5-12(17)9-15(14)18/h5-6,9,13,16H,3-4,7-8,10-11,19H2,1-2H3. The van der Waals surface area contributed by atoms with Gasteiger partial charge in [-0.2, -0.15) is 0 Å². The molecule has 3 nitrogen and oxygen atoms in total. The van der Waals surface area contributed by atoms with Crippen molar-refractivity contribution in [1.82, 2.24) is 9.80 Å². The lowest BCUT2D eigenvalue weighted by Gasteiger charge is -2.32. The average molecular weight is 297 g/mol. The highest BCUT2D eigenvalue weighted by Gasteiger charge is 2.24. The molecule has 1 heterocycles. The number of hydrogen-bond donors (Lipinski definition) is 1. The van der Waals surface area contributed by atoms with Crippen molar-refractivity contribution in [3.05, 3.63) is 35.4 Å². The number of rotatable bonds is 4. The second kappa shape index (κ2) is 7.29. The van der Waals surface area contributed by atoms with E-state index >= 15 is 0 Å². The molecule has 2 rings (SSSR count). The fourth-order valence-corrected chi connectivity index (χ4v) is 3.07. The van der Waals surface area contributed by atoms with Gasteiger partial charge in [0.1, 0.15) is 11.6 Å². The van der Waals surface area contributed by atoms with E-state index in [9.17, 15) is 8.78 Å². The van der Waals surface area contributed by atoms with Crippen molar-refractivity contribution in [2.75, 3.05) is 33.2 Å². The van der Waals surface area contributed by atoms with Gasteiger partial charge in [-0.05, 0) is 39.0 Å². The summed E-state index contributed by atoms with van der Waals surface area (Å²) in [6.07, 6.45) is 2.13. The zero-order chi connectivity index (χ0) is 15.4. The van der Waals surface area contributed by atoms with Crippen LogP contribution in [0.4, 0.5) is 8.78 Å². The molecule has 0 amide bonds. The minimum Gasteiger partial charge on any atom is -0.323 e. The van der Waals surface area contributed by atoms with Crippen molar-refractivity contribution >= 4 is 0 Å². The normalized spacial score (nSPS) is 23.0. The number of likely N-dealkylation sites (N-methyl/N-ethyl adjacent to an activating group) is 1. The first-order valence-corrected chi connectivity index (χ1v) is 7.64. The van der Waals surface area contributed by atoms with Crippen LogP contribution in [0, 0.1) is 11.6 Å². The minimum absolute atomic E-state index is 0.392. The van der Waals surface area contributed by atoms with Crippen molar-refractivity contribution in [2.45, 2.75) is 31.8 Å². The summed E-state index contributed by atoms with van der Waals surface area (Å²) in [5.74, 6) is -1.12. The highest BCUT2D eigenvalue weighted by atomic mass is 19.1. The van der Waals surface area contributed by atoms with Crippen molar-refractivity contribution in [3.63, 3.8) is 0 Å². The summed E-state index contributed by atoms with van der Waals surface area (Å²) in [5, 5.41) is 0. The van der Waals surface area contributed by atoms with E-state index in [0.29, 0.717) is 18.2 Å². The molecule has 1 fully saturated rings. The molecule has 1 aliphatic heterocycles. The number of hydrogen-bond acceptors (Lipinski definition) is 3. The van der Waals surface area contributed by atoms with Gasteiger partial charge in [-0.1, -0.05) is 13.0 Å². The quantitative estimate of drug-likeness (QED) is 0.926. The number of nitrogens with zero attached hydrogens (tertiary/aromatic N) is 2. The molecular formula is C16H25F2N3. The maximum Gasteiger partial charge on any atom is 0.130 e. The SMILES string of the molecule is CCC1CN(C)CCCN1CC(N)c1ccc(F)cc1F. The van der Waals surface area contributed by atoms with Gasteiger partial charge < -0.3 is 10.6 Å². The van der Waals surface area contributed by atoms with Gasteiger partial charge in [0, 0.05) is 36.8 Å². The van der Waals surface area contributed by atoms with Gasteiger partial charge in [-0.25, -0.2) is 8.78 Å². The predicted octanol–water partition coefficient (Wildman–Crippen LogP) is 2.38. The lowest BCUT2D eigenvalue weighted by atomic mass is 10.0. The maximum atomic E-state index is 13.8. The van der Waals surface area contributed by atoms with Crippen LogP contribution in [0.2, 0.25) is 0 Å². The second-order valence-corrected chi connectivity index (χ2v) is 5.95. The van der Waals surface area contributed by atoms with E-state index in [0.717, 1.165) is 38.5 Å². The van der Waals surface area contributed by atoms with E-state index < -0.39 is 17.7 Å². The largest absolute Gasteiger partial charge is 0.323 e. The molecule has 0 aliphatic carbocycles. The third-order valence-corrected chi connectivity index (χ3v) is 4.29. The van der Waals surface area contributed by atoms with Gasteiger partial charge in [-0.3, -0.25) is 4.90 Å². The lowest BCUT2D eigenvalue weighted by molar-refractivity contribution is 0.173. The highest BCUT2D eigenvalue weighted by Crippen LogP contribution is 2.20. The first kappa shape index (κ1) is 16.3. The molecule has 1 aromatic carbocycles. The van der Waals surface area contributed by atoms with Gasteiger partial charge >= 0.3 is 0 Å². The molecule has 2 N–H and O–H groups in total. The molecule has 1 aromatic rings. The molecule has 118 valence electrons. The predicted molar refractivity (Wildman–Crippen MR) is 81.1 cm³/mol. The maximum absolute atomic E-state index is 13.8. The van der Waals surface area contributed by atoms with Crippen molar-refractivity contribution in [3.8, 4) is 0 Å². The van der Waals surface area contributed by atoms with E-state index in [-0.39, 0.29) is 0 Å². The molecule has 2 unspecified atom stereocenters. The van der Waals surface area contributed by atoms with Crippen LogP contribution in [-0.4, -0.2) is 49.1 Å². The van der Waals surface area contributed by atoms with E-state index in [1.54, 1.807) is 0 Å². The Kier molecular flexibility index (Phi) is 5.67. The molecule has 1 saturated heterocycles. The van der Waals surface area contributed by atoms with Crippen LogP contribution in [0.3, 0.4) is 0 Å². The highest BCUT2D eigenvalue weighted by molar-refractivity contribution is 5.22. The average Bonchev–Trinajstić information content (AvgIpc) is 2.60. The van der Waals surface area contributed by atoms with Crippen LogP contribution in [0.5, 0.6) is 0 Å².